The molecular weight excluding hydrogens is 292 g/mol. The maximum atomic E-state index is 14.3. The van der Waals surface area contributed by atoms with Crippen LogP contribution in [0, 0.1) is 25.5 Å². The van der Waals surface area contributed by atoms with E-state index in [1.807, 2.05) is 62.4 Å². The third-order valence-electron chi connectivity index (χ3n) is 3.75. The largest absolute Gasteiger partial charge is 0.305 e. The summed E-state index contributed by atoms with van der Waals surface area (Å²) in [5.41, 5.74) is 3.53. The van der Waals surface area contributed by atoms with Crippen LogP contribution in [-0.4, -0.2) is 0 Å². The van der Waals surface area contributed by atoms with Gasteiger partial charge in [-0.05, 0) is 50.2 Å². The molecule has 0 unspecified atom stereocenters. The Kier molecular flexibility index (Phi) is 4.11. The van der Waals surface area contributed by atoms with Crippen LogP contribution in [0.1, 0.15) is 11.1 Å². The smallest absolute Gasteiger partial charge is 0.150 e. The number of hydrogen-bond acceptors (Lipinski definition) is 1. The Bertz CT molecular complexity index is 742. The van der Waals surface area contributed by atoms with E-state index >= 15 is 0 Å². The van der Waals surface area contributed by atoms with Crippen LogP contribution in [0.5, 0.6) is 0 Å². The summed E-state index contributed by atoms with van der Waals surface area (Å²) in [6.07, 6.45) is 0. The van der Waals surface area contributed by atoms with Crippen LogP contribution in [-0.2, 0) is 0 Å². The Labute approximate surface area is 134 Å². The maximum Gasteiger partial charge on any atom is 0.150 e. The average molecular weight is 309 g/mol. The molecule has 0 spiro atoms. The Hall–Kier alpha value is -2.68. The molecule has 0 aliphatic carbocycles. The highest BCUT2D eigenvalue weighted by Gasteiger charge is 2.20. The van der Waals surface area contributed by atoms with Gasteiger partial charge in [-0.1, -0.05) is 41.5 Å². The van der Waals surface area contributed by atoms with Crippen molar-refractivity contribution in [1.82, 2.24) is 0 Å². The molecule has 0 N–H and O–H groups in total. The van der Waals surface area contributed by atoms with Crippen molar-refractivity contribution in [3.63, 3.8) is 0 Å². The number of nitrogens with zero attached hydrogens (tertiary/aromatic N) is 1. The van der Waals surface area contributed by atoms with Gasteiger partial charge >= 0.3 is 0 Å². The molecule has 3 aromatic carbocycles. The van der Waals surface area contributed by atoms with Gasteiger partial charge in [-0.15, -0.1) is 0 Å². The Balaban J connectivity index is 2.21. The number of para-hydroxylation sites is 1. The van der Waals surface area contributed by atoms with Gasteiger partial charge in [0.1, 0.15) is 17.3 Å². The van der Waals surface area contributed by atoms with Crippen molar-refractivity contribution in [2.24, 2.45) is 0 Å². The monoisotopic (exact) mass is 309 g/mol. The fraction of sp³-hybridized carbons (Fsp3) is 0.100. The average Bonchev–Trinajstić information content (AvgIpc) is 2.53. The Morgan fingerprint density at radius 2 is 1.00 bits per heavy atom. The summed E-state index contributed by atoms with van der Waals surface area (Å²) in [5, 5.41) is 0. The van der Waals surface area contributed by atoms with E-state index in [4.69, 9.17) is 0 Å². The van der Waals surface area contributed by atoms with Crippen LogP contribution in [0.2, 0.25) is 0 Å². The van der Waals surface area contributed by atoms with Crippen molar-refractivity contribution in [1.29, 1.82) is 0 Å². The lowest BCUT2D eigenvalue weighted by Crippen LogP contribution is -2.13. The first kappa shape index (κ1) is 15.2. The van der Waals surface area contributed by atoms with Crippen LogP contribution in [0.4, 0.5) is 25.8 Å². The lowest BCUT2D eigenvalue weighted by molar-refractivity contribution is 0.586. The van der Waals surface area contributed by atoms with Gasteiger partial charge in [-0.25, -0.2) is 8.78 Å². The number of anilines is 3. The summed E-state index contributed by atoms with van der Waals surface area (Å²) in [6, 6.07) is 19.1. The van der Waals surface area contributed by atoms with Gasteiger partial charge in [-0.3, -0.25) is 0 Å². The molecule has 3 aromatic rings. The van der Waals surface area contributed by atoms with E-state index in [9.17, 15) is 8.78 Å². The zero-order valence-electron chi connectivity index (χ0n) is 13.1. The second-order valence-corrected chi connectivity index (χ2v) is 5.58. The molecule has 0 amide bonds. The molecule has 23 heavy (non-hydrogen) atoms. The number of halogens is 2. The molecule has 0 aliphatic heterocycles. The fourth-order valence-corrected chi connectivity index (χ4v) is 2.50. The molecule has 0 radical (unpaired) electrons. The van der Waals surface area contributed by atoms with Crippen LogP contribution < -0.4 is 4.90 Å². The van der Waals surface area contributed by atoms with E-state index in [0.717, 1.165) is 11.1 Å². The molecule has 0 aliphatic rings. The second kappa shape index (κ2) is 6.21. The van der Waals surface area contributed by atoms with Crippen LogP contribution in [0.3, 0.4) is 0 Å². The quantitative estimate of drug-likeness (QED) is 0.569. The van der Waals surface area contributed by atoms with Gasteiger partial charge in [-0.2, -0.15) is 0 Å². The zero-order valence-corrected chi connectivity index (χ0v) is 13.1. The molecule has 0 bridgehead atoms. The molecule has 0 fully saturated rings. The second-order valence-electron chi connectivity index (χ2n) is 5.58. The molecule has 0 saturated heterocycles. The van der Waals surface area contributed by atoms with E-state index in [1.54, 1.807) is 4.90 Å². The van der Waals surface area contributed by atoms with Crippen molar-refractivity contribution in [3.8, 4) is 0 Å². The summed E-state index contributed by atoms with van der Waals surface area (Å²) in [7, 11) is 0. The number of aryl methyl sites for hydroxylation is 2. The molecule has 0 atom stereocenters. The molecule has 3 rings (SSSR count). The number of rotatable bonds is 3. The molecule has 116 valence electrons. The van der Waals surface area contributed by atoms with E-state index in [2.05, 4.69) is 0 Å². The predicted molar refractivity (Wildman–Crippen MR) is 90.5 cm³/mol. The summed E-state index contributed by atoms with van der Waals surface area (Å²) >= 11 is 0. The first-order valence-electron chi connectivity index (χ1n) is 7.44. The minimum absolute atomic E-state index is 0.0693. The van der Waals surface area contributed by atoms with Gasteiger partial charge in [0, 0.05) is 11.4 Å². The van der Waals surface area contributed by atoms with Gasteiger partial charge in [0.05, 0.1) is 0 Å². The van der Waals surface area contributed by atoms with Crippen LogP contribution >= 0.6 is 0 Å². The zero-order chi connectivity index (χ0) is 16.4. The highest BCUT2D eigenvalue weighted by molar-refractivity contribution is 5.77. The summed E-state index contributed by atoms with van der Waals surface area (Å²) in [4.78, 5) is 1.60. The molecule has 1 nitrogen and oxygen atoms in total. The summed E-state index contributed by atoms with van der Waals surface area (Å²) in [6.45, 7) is 3.95. The Morgan fingerprint density at radius 3 is 1.39 bits per heavy atom. The van der Waals surface area contributed by atoms with Gasteiger partial charge in [0.2, 0.25) is 0 Å². The molecule has 0 saturated carbocycles. The summed E-state index contributed by atoms with van der Waals surface area (Å²) in [5.74, 6) is -1.18. The molecule has 3 heteroatoms. The summed E-state index contributed by atoms with van der Waals surface area (Å²) < 4.78 is 28.7. The van der Waals surface area contributed by atoms with Gasteiger partial charge in [0.25, 0.3) is 0 Å². The minimum Gasteiger partial charge on any atom is -0.305 e. The van der Waals surface area contributed by atoms with Crippen molar-refractivity contribution in [2.75, 3.05) is 4.90 Å². The SMILES string of the molecule is Cc1ccc(N(c2ccc(C)cc2)c2c(F)cccc2F)cc1. The lowest BCUT2D eigenvalue weighted by atomic mass is 10.1. The van der Waals surface area contributed by atoms with E-state index in [1.165, 1.54) is 18.2 Å². The topological polar surface area (TPSA) is 3.24 Å². The van der Waals surface area contributed by atoms with Crippen molar-refractivity contribution in [3.05, 3.63) is 89.5 Å². The molecule has 0 heterocycles. The maximum absolute atomic E-state index is 14.3. The first-order valence-corrected chi connectivity index (χ1v) is 7.44. The fourth-order valence-electron chi connectivity index (χ4n) is 2.50. The predicted octanol–water partition coefficient (Wildman–Crippen LogP) is 6.05. The lowest BCUT2D eigenvalue weighted by Gasteiger charge is -2.26. The van der Waals surface area contributed by atoms with Gasteiger partial charge in [0.15, 0.2) is 0 Å². The third-order valence-corrected chi connectivity index (χ3v) is 3.75. The van der Waals surface area contributed by atoms with Gasteiger partial charge < -0.3 is 4.90 Å². The third kappa shape index (κ3) is 3.09. The highest BCUT2D eigenvalue weighted by Crippen LogP contribution is 2.37. The Morgan fingerprint density at radius 1 is 0.609 bits per heavy atom. The van der Waals surface area contributed by atoms with E-state index in [0.29, 0.717) is 11.4 Å². The molecular formula is C20H17F2N. The van der Waals surface area contributed by atoms with Crippen LogP contribution in [0.25, 0.3) is 0 Å². The number of hydrogen-bond donors (Lipinski definition) is 0. The minimum atomic E-state index is -0.592. The van der Waals surface area contributed by atoms with Crippen molar-refractivity contribution < 1.29 is 8.78 Å². The first-order chi connectivity index (χ1) is 11.1. The normalized spacial score (nSPS) is 10.6. The van der Waals surface area contributed by atoms with E-state index < -0.39 is 11.6 Å². The van der Waals surface area contributed by atoms with Crippen molar-refractivity contribution >= 4 is 17.1 Å². The van der Waals surface area contributed by atoms with E-state index in [-0.39, 0.29) is 5.69 Å². The van der Waals surface area contributed by atoms with Crippen molar-refractivity contribution in [2.45, 2.75) is 13.8 Å². The highest BCUT2D eigenvalue weighted by atomic mass is 19.1. The number of benzene rings is 3. The van der Waals surface area contributed by atoms with Crippen LogP contribution in [0.15, 0.2) is 66.7 Å². The standard InChI is InChI=1S/C20H17F2N/c1-14-6-10-16(11-7-14)23(17-12-8-15(2)9-13-17)20-18(21)4-3-5-19(20)22/h3-13H,1-2H3. The molecule has 0 aromatic heterocycles.